The summed E-state index contributed by atoms with van der Waals surface area (Å²) in [5.41, 5.74) is 5.23. The molecule has 0 amide bonds. The summed E-state index contributed by atoms with van der Waals surface area (Å²) in [5, 5.41) is 0. The number of rotatable bonds is 3. The van der Waals surface area contributed by atoms with Crippen molar-refractivity contribution >= 4 is 21.4 Å². The summed E-state index contributed by atoms with van der Waals surface area (Å²) in [6, 6.07) is 8.37. The van der Waals surface area contributed by atoms with Crippen LogP contribution in [0.2, 0.25) is 0 Å². The molecule has 100 valence electrons. The van der Waals surface area contributed by atoms with Crippen LogP contribution in [-0.2, 0) is 10.0 Å². The van der Waals surface area contributed by atoms with Crippen molar-refractivity contribution in [1.82, 2.24) is 0 Å². The molecule has 0 saturated heterocycles. The molecule has 0 fully saturated rings. The minimum absolute atomic E-state index is 0.0114. The first-order valence-corrected chi connectivity index (χ1v) is 6.71. The van der Waals surface area contributed by atoms with Crippen LogP contribution in [0.3, 0.4) is 0 Å². The second kappa shape index (κ2) is 4.85. The Labute approximate surface area is 108 Å². The Kier molecular flexibility index (Phi) is 3.39. The van der Waals surface area contributed by atoms with Gasteiger partial charge in [-0.05, 0) is 30.3 Å². The van der Waals surface area contributed by atoms with Gasteiger partial charge in [-0.1, -0.05) is 12.1 Å². The third-order valence-electron chi connectivity index (χ3n) is 2.34. The molecule has 0 heterocycles. The average Bonchev–Trinajstić information content (AvgIpc) is 2.27. The van der Waals surface area contributed by atoms with Crippen LogP contribution in [0.1, 0.15) is 0 Å². The summed E-state index contributed by atoms with van der Waals surface area (Å²) in [4.78, 5) is -0.653. The van der Waals surface area contributed by atoms with E-state index in [9.17, 15) is 17.2 Å². The lowest BCUT2D eigenvalue weighted by Crippen LogP contribution is -2.16. The van der Waals surface area contributed by atoms with Gasteiger partial charge in [0.2, 0.25) is 0 Å². The lowest BCUT2D eigenvalue weighted by Gasteiger charge is -2.10. The van der Waals surface area contributed by atoms with Crippen molar-refractivity contribution in [3.63, 3.8) is 0 Å². The molecule has 2 rings (SSSR count). The number of sulfonamides is 1. The maximum Gasteiger partial charge on any atom is 0.266 e. The number of nitrogens with one attached hydrogen (secondary N) is 1. The third-order valence-corrected chi connectivity index (χ3v) is 3.82. The Morgan fingerprint density at radius 1 is 1.05 bits per heavy atom. The zero-order valence-corrected chi connectivity index (χ0v) is 10.4. The van der Waals surface area contributed by atoms with Crippen molar-refractivity contribution in [2.75, 3.05) is 10.5 Å². The highest BCUT2D eigenvalue weighted by molar-refractivity contribution is 7.92. The summed E-state index contributed by atoms with van der Waals surface area (Å²) in [7, 11) is -4.21. The van der Waals surface area contributed by atoms with Gasteiger partial charge in [-0.3, -0.25) is 4.72 Å². The standard InChI is InChI=1S/C12H10F2N2O2S/c13-8-3-1-4-9(7-8)16-19(17,18)12-10(14)5-2-6-11(12)15/h1-7,16H,15H2. The normalized spacial score (nSPS) is 11.3. The van der Waals surface area contributed by atoms with Gasteiger partial charge in [0, 0.05) is 0 Å². The highest BCUT2D eigenvalue weighted by atomic mass is 32.2. The summed E-state index contributed by atoms with van der Waals surface area (Å²) in [6.07, 6.45) is 0. The molecule has 0 aromatic heterocycles. The van der Waals surface area contributed by atoms with E-state index in [-0.39, 0.29) is 11.4 Å². The van der Waals surface area contributed by atoms with Crippen LogP contribution in [0.25, 0.3) is 0 Å². The fourth-order valence-corrected chi connectivity index (χ4v) is 2.81. The molecule has 7 heteroatoms. The largest absolute Gasteiger partial charge is 0.398 e. The van der Waals surface area contributed by atoms with E-state index >= 15 is 0 Å². The molecular weight excluding hydrogens is 274 g/mol. The van der Waals surface area contributed by atoms with E-state index in [4.69, 9.17) is 5.73 Å². The zero-order chi connectivity index (χ0) is 14.0. The van der Waals surface area contributed by atoms with Gasteiger partial charge in [-0.25, -0.2) is 17.2 Å². The van der Waals surface area contributed by atoms with Crippen molar-refractivity contribution < 1.29 is 17.2 Å². The molecule has 0 saturated carbocycles. The van der Waals surface area contributed by atoms with E-state index in [0.29, 0.717) is 0 Å². The predicted octanol–water partition coefficient (Wildman–Crippen LogP) is 2.35. The van der Waals surface area contributed by atoms with Crippen LogP contribution in [0, 0.1) is 11.6 Å². The molecule has 0 spiro atoms. The summed E-state index contributed by atoms with van der Waals surface area (Å²) < 4.78 is 52.6. The Bertz CT molecular complexity index is 697. The maximum atomic E-state index is 13.6. The minimum Gasteiger partial charge on any atom is -0.398 e. The van der Waals surface area contributed by atoms with Gasteiger partial charge in [0.05, 0.1) is 11.4 Å². The van der Waals surface area contributed by atoms with E-state index < -0.39 is 26.6 Å². The van der Waals surface area contributed by atoms with E-state index in [0.717, 1.165) is 18.2 Å². The molecule has 0 aliphatic heterocycles. The SMILES string of the molecule is Nc1cccc(F)c1S(=O)(=O)Nc1cccc(F)c1. The first-order valence-electron chi connectivity index (χ1n) is 5.22. The molecule has 0 unspecified atom stereocenters. The van der Waals surface area contributed by atoms with Gasteiger partial charge in [0.15, 0.2) is 0 Å². The van der Waals surface area contributed by atoms with Crippen LogP contribution in [0.4, 0.5) is 20.2 Å². The molecule has 2 aromatic rings. The minimum atomic E-state index is -4.21. The number of hydrogen-bond acceptors (Lipinski definition) is 3. The fraction of sp³-hybridized carbons (Fsp3) is 0. The molecular formula is C12H10F2N2O2S. The highest BCUT2D eigenvalue weighted by Crippen LogP contribution is 2.24. The molecule has 0 bridgehead atoms. The van der Waals surface area contributed by atoms with Crippen LogP contribution >= 0.6 is 0 Å². The first kappa shape index (κ1) is 13.3. The molecule has 0 aliphatic carbocycles. The second-order valence-electron chi connectivity index (χ2n) is 3.77. The Balaban J connectivity index is 2.44. The third kappa shape index (κ3) is 2.82. The molecule has 0 radical (unpaired) electrons. The molecule has 4 nitrogen and oxygen atoms in total. The fourth-order valence-electron chi connectivity index (χ4n) is 1.57. The van der Waals surface area contributed by atoms with E-state index in [1.165, 1.54) is 24.3 Å². The van der Waals surface area contributed by atoms with Crippen LogP contribution in [-0.4, -0.2) is 8.42 Å². The second-order valence-corrected chi connectivity index (χ2v) is 5.39. The molecule has 19 heavy (non-hydrogen) atoms. The van der Waals surface area contributed by atoms with Crippen LogP contribution in [0.5, 0.6) is 0 Å². The lowest BCUT2D eigenvalue weighted by atomic mass is 10.3. The van der Waals surface area contributed by atoms with E-state index in [1.807, 2.05) is 0 Å². The van der Waals surface area contributed by atoms with Gasteiger partial charge in [0.1, 0.15) is 16.5 Å². The number of nitrogen functional groups attached to an aromatic ring is 1. The average molecular weight is 284 g/mol. The number of nitrogens with two attached hydrogens (primary N) is 1. The predicted molar refractivity (Wildman–Crippen MR) is 68.0 cm³/mol. The van der Waals surface area contributed by atoms with Gasteiger partial charge < -0.3 is 5.73 Å². The maximum absolute atomic E-state index is 13.6. The number of hydrogen-bond donors (Lipinski definition) is 2. The summed E-state index contributed by atoms with van der Waals surface area (Å²) >= 11 is 0. The Morgan fingerprint density at radius 2 is 1.74 bits per heavy atom. The lowest BCUT2D eigenvalue weighted by molar-refractivity contribution is 0.572. The van der Waals surface area contributed by atoms with Gasteiger partial charge in [-0.2, -0.15) is 0 Å². The van der Waals surface area contributed by atoms with Gasteiger partial charge >= 0.3 is 0 Å². The Morgan fingerprint density at radius 3 is 2.37 bits per heavy atom. The summed E-state index contributed by atoms with van der Waals surface area (Å²) in [6.45, 7) is 0. The monoisotopic (exact) mass is 284 g/mol. The zero-order valence-electron chi connectivity index (χ0n) is 9.60. The summed E-state index contributed by atoms with van der Waals surface area (Å²) in [5.74, 6) is -1.58. The Hall–Kier alpha value is -2.15. The van der Waals surface area contributed by atoms with Crippen molar-refractivity contribution in [1.29, 1.82) is 0 Å². The molecule has 0 aliphatic rings. The number of benzene rings is 2. The smallest absolute Gasteiger partial charge is 0.266 e. The molecule has 2 aromatic carbocycles. The molecule has 3 N–H and O–H groups in total. The van der Waals surface area contributed by atoms with E-state index in [2.05, 4.69) is 4.72 Å². The van der Waals surface area contributed by atoms with Crippen LogP contribution in [0.15, 0.2) is 47.4 Å². The number of halogens is 2. The quantitative estimate of drug-likeness (QED) is 0.850. The van der Waals surface area contributed by atoms with Gasteiger partial charge in [-0.15, -0.1) is 0 Å². The van der Waals surface area contributed by atoms with Crippen molar-refractivity contribution in [2.45, 2.75) is 4.90 Å². The van der Waals surface area contributed by atoms with Crippen molar-refractivity contribution in [3.8, 4) is 0 Å². The van der Waals surface area contributed by atoms with Crippen molar-refractivity contribution in [3.05, 3.63) is 54.1 Å². The highest BCUT2D eigenvalue weighted by Gasteiger charge is 2.22. The van der Waals surface area contributed by atoms with Crippen LogP contribution < -0.4 is 10.5 Å². The topological polar surface area (TPSA) is 72.2 Å². The molecule has 0 atom stereocenters. The van der Waals surface area contributed by atoms with Crippen molar-refractivity contribution in [2.24, 2.45) is 0 Å². The number of anilines is 2. The van der Waals surface area contributed by atoms with Gasteiger partial charge in [0.25, 0.3) is 10.0 Å². The van der Waals surface area contributed by atoms with E-state index in [1.54, 1.807) is 0 Å². The first-order chi connectivity index (χ1) is 8.90.